The first-order valence-corrected chi connectivity index (χ1v) is 12.7. The van der Waals surface area contributed by atoms with E-state index in [0.29, 0.717) is 22.8 Å². The molecular weight excluding hydrogens is 452 g/mol. The molecule has 0 spiro atoms. The average molecular weight is 487 g/mol. The molecule has 1 fully saturated rings. The van der Waals surface area contributed by atoms with Crippen LogP contribution in [0.3, 0.4) is 0 Å². The van der Waals surface area contributed by atoms with Gasteiger partial charge in [-0.25, -0.2) is 10.1 Å². The molecule has 1 aliphatic rings. The van der Waals surface area contributed by atoms with Gasteiger partial charge >= 0.3 is 0 Å². The maximum absolute atomic E-state index is 12.5. The molecule has 9 heteroatoms. The molecule has 0 radical (unpaired) electrons. The Bertz CT molecular complexity index is 1250. The van der Waals surface area contributed by atoms with Crippen molar-refractivity contribution in [1.82, 2.24) is 35.9 Å². The quantitative estimate of drug-likeness (QED) is 0.351. The fraction of sp³-hybridized carbons (Fsp3) is 0.444. The number of imidazole rings is 1. The van der Waals surface area contributed by atoms with Gasteiger partial charge in [-0.05, 0) is 77.3 Å². The summed E-state index contributed by atoms with van der Waals surface area (Å²) in [5.74, 6) is 2.02. The Balaban J connectivity index is 1.32. The van der Waals surface area contributed by atoms with Crippen LogP contribution in [0.1, 0.15) is 68.2 Å². The minimum atomic E-state index is -0.160. The summed E-state index contributed by atoms with van der Waals surface area (Å²) in [5, 5.41) is 16.3. The van der Waals surface area contributed by atoms with Crippen LogP contribution in [-0.4, -0.2) is 42.5 Å². The summed E-state index contributed by atoms with van der Waals surface area (Å²) in [7, 11) is 0. The lowest BCUT2D eigenvalue weighted by atomic mass is 9.71. The Labute approximate surface area is 211 Å². The number of fused-ring (bicyclic) bond motifs is 1. The topological polar surface area (TPSA) is 115 Å². The van der Waals surface area contributed by atoms with Gasteiger partial charge in [-0.2, -0.15) is 0 Å². The number of para-hydroxylation sites is 2. The SMILES string of the molecule is CC(C)(C)C1CCC(N(Cc2ccc(C(=O)NCc3nnn[nH]3)cc2)c2nc3ccccc3[nH]2)CC1. The molecule has 2 heterocycles. The number of benzene rings is 2. The lowest BCUT2D eigenvalue weighted by Crippen LogP contribution is -2.40. The lowest BCUT2D eigenvalue weighted by molar-refractivity contribution is 0.0950. The van der Waals surface area contributed by atoms with Gasteiger partial charge in [-0.15, -0.1) is 5.10 Å². The smallest absolute Gasteiger partial charge is 0.251 e. The van der Waals surface area contributed by atoms with Crippen molar-refractivity contribution in [2.45, 2.75) is 65.6 Å². The van der Waals surface area contributed by atoms with Crippen molar-refractivity contribution < 1.29 is 4.79 Å². The second-order valence-corrected chi connectivity index (χ2v) is 10.8. The van der Waals surface area contributed by atoms with Crippen molar-refractivity contribution in [2.75, 3.05) is 4.90 Å². The third kappa shape index (κ3) is 5.40. The number of anilines is 1. The summed E-state index contributed by atoms with van der Waals surface area (Å²) in [5.41, 5.74) is 4.12. The van der Waals surface area contributed by atoms with Gasteiger partial charge in [0.1, 0.15) is 0 Å². The van der Waals surface area contributed by atoms with Crippen LogP contribution in [0.5, 0.6) is 0 Å². The Morgan fingerprint density at radius 1 is 1.06 bits per heavy atom. The standard InChI is InChI=1S/C27H34N8O/c1-27(2,3)20-12-14-21(15-13-20)35(26-29-22-6-4-5-7-23(22)30-26)17-18-8-10-19(11-9-18)25(36)28-16-24-31-33-34-32-24/h4-11,20-21H,12-17H2,1-3H3,(H,28,36)(H,29,30)(H,31,32,33,34). The third-order valence-electron chi connectivity index (χ3n) is 7.39. The van der Waals surface area contributed by atoms with E-state index in [4.69, 9.17) is 4.98 Å². The van der Waals surface area contributed by atoms with E-state index >= 15 is 0 Å². The van der Waals surface area contributed by atoms with Gasteiger partial charge in [0.05, 0.1) is 17.6 Å². The molecule has 1 amide bonds. The Morgan fingerprint density at radius 2 is 1.81 bits per heavy atom. The molecule has 188 valence electrons. The number of hydrogen-bond donors (Lipinski definition) is 3. The van der Waals surface area contributed by atoms with E-state index in [9.17, 15) is 4.79 Å². The number of nitrogens with zero attached hydrogens (tertiary/aromatic N) is 5. The summed E-state index contributed by atoms with van der Waals surface area (Å²) in [6.45, 7) is 8.06. The van der Waals surface area contributed by atoms with Gasteiger partial charge in [0.25, 0.3) is 5.91 Å². The Morgan fingerprint density at radius 3 is 2.47 bits per heavy atom. The summed E-state index contributed by atoms with van der Waals surface area (Å²) < 4.78 is 0. The number of carbonyl (C=O) groups excluding carboxylic acids is 1. The van der Waals surface area contributed by atoms with E-state index in [-0.39, 0.29) is 12.5 Å². The van der Waals surface area contributed by atoms with Crippen molar-refractivity contribution in [3.05, 3.63) is 65.5 Å². The minimum absolute atomic E-state index is 0.160. The van der Waals surface area contributed by atoms with Crippen LogP contribution in [0.4, 0.5) is 5.95 Å². The number of nitrogens with one attached hydrogen (secondary N) is 3. The zero-order valence-corrected chi connectivity index (χ0v) is 21.2. The fourth-order valence-corrected chi connectivity index (χ4v) is 5.18. The first kappa shape index (κ1) is 24.0. The predicted molar refractivity (Wildman–Crippen MR) is 139 cm³/mol. The van der Waals surface area contributed by atoms with Crippen molar-refractivity contribution in [3.8, 4) is 0 Å². The van der Waals surface area contributed by atoms with Crippen LogP contribution in [0, 0.1) is 11.3 Å². The van der Waals surface area contributed by atoms with E-state index in [0.717, 1.165) is 47.8 Å². The molecule has 0 unspecified atom stereocenters. The maximum Gasteiger partial charge on any atom is 0.251 e. The first-order chi connectivity index (χ1) is 17.4. The van der Waals surface area contributed by atoms with Crippen LogP contribution < -0.4 is 10.2 Å². The normalized spacial score (nSPS) is 18.3. The molecule has 0 bridgehead atoms. The van der Waals surface area contributed by atoms with Crippen LogP contribution in [0.2, 0.25) is 0 Å². The van der Waals surface area contributed by atoms with Crippen molar-refractivity contribution in [1.29, 1.82) is 0 Å². The number of carbonyl (C=O) groups is 1. The number of hydrogen-bond acceptors (Lipinski definition) is 6. The fourth-order valence-electron chi connectivity index (χ4n) is 5.18. The van der Waals surface area contributed by atoms with Crippen LogP contribution in [-0.2, 0) is 13.1 Å². The minimum Gasteiger partial charge on any atom is -0.345 e. The Kier molecular flexibility index (Phi) is 6.71. The molecule has 2 aromatic carbocycles. The molecule has 2 aromatic heterocycles. The highest BCUT2D eigenvalue weighted by atomic mass is 16.1. The highest BCUT2D eigenvalue weighted by molar-refractivity contribution is 5.94. The number of aromatic amines is 2. The number of rotatable bonds is 7. The van der Waals surface area contributed by atoms with Crippen LogP contribution in [0.25, 0.3) is 11.0 Å². The molecule has 4 aromatic rings. The molecule has 9 nitrogen and oxygen atoms in total. The van der Waals surface area contributed by atoms with Crippen molar-refractivity contribution >= 4 is 22.9 Å². The van der Waals surface area contributed by atoms with Crippen LogP contribution in [0.15, 0.2) is 48.5 Å². The van der Waals surface area contributed by atoms with E-state index in [1.807, 2.05) is 42.5 Å². The second kappa shape index (κ2) is 10.1. The van der Waals surface area contributed by atoms with Gasteiger partial charge in [0.15, 0.2) is 5.82 Å². The van der Waals surface area contributed by atoms with E-state index in [2.05, 4.69) is 62.7 Å². The Hall–Kier alpha value is -3.75. The van der Waals surface area contributed by atoms with E-state index in [1.54, 1.807) is 0 Å². The highest BCUT2D eigenvalue weighted by Gasteiger charge is 2.33. The molecule has 0 atom stereocenters. The number of aromatic nitrogens is 6. The van der Waals surface area contributed by atoms with E-state index < -0.39 is 0 Å². The monoisotopic (exact) mass is 486 g/mol. The number of amides is 1. The molecule has 0 aliphatic heterocycles. The second-order valence-electron chi connectivity index (χ2n) is 10.8. The molecule has 1 aliphatic carbocycles. The van der Waals surface area contributed by atoms with Crippen LogP contribution >= 0.6 is 0 Å². The van der Waals surface area contributed by atoms with Crippen molar-refractivity contribution in [2.24, 2.45) is 11.3 Å². The molecule has 36 heavy (non-hydrogen) atoms. The molecule has 5 rings (SSSR count). The third-order valence-corrected chi connectivity index (χ3v) is 7.39. The van der Waals surface area contributed by atoms with Gasteiger partial charge < -0.3 is 15.2 Å². The van der Waals surface area contributed by atoms with E-state index in [1.165, 1.54) is 12.8 Å². The summed E-state index contributed by atoms with van der Waals surface area (Å²) in [6.07, 6.45) is 4.75. The van der Waals surface area contributed by atoms with Gasteiger partial charge in [0.2, 0.25) is 5.95 Å². The summed E-state index contributed by atoms with van der Waals surface area (Å²) >= 11 is 0. The zero-order valence-electron chi connectivity index (χ0n) is 21.2. The molecule has 0 saturated heterocycles. The van der Waals surface area contributed by atoms with Crippen molar-refractivity contribution in [3.63, 3.8) is 0 Å². The first-order valence-electron chi connectivity index (χ1n) is 12.7. The predicted octanol–water partition coefficient (Wildman–Crippen LogP) is 4.62. The maximum atomic E-state index is 12.5. The van der Waals surface area contributed by atoms with Gasteiger partial charge in [0, 0.05) is 18.2 Å². The van der Waals surface area contributed by atoms with Gasteiger partial charge in [-0.1, -0.05) is 45.0 Å². The average Bonchev–Trinajstić information content (AvgIpc) is 3.56. The summed E-state index contributed by atoms with van der Waals surface area (Å²) in [6, 6.07) is 16.4. The highest BCUT2D eigenvalue weighted by Crippen LogP contribution is 2.40. The molecular formula is C27H34N8O. The number of tetrazole rings is 1. The largest absolute Gasteiger partial charge is 0.345 e. The number of H-pyrrole nitrogens is 2. The zero-order chi connectivity index (χ0) is 25.1. The molecule has 3 N–H and O–H groups in total. The molecule has 1 saturated carbocycles. The summed E-state index contributed by atoms with van der Waals surface area (Å²) in [4.78, 5) is 23.4. The lowest BCUT2D eigenvalue weighted by Gasteiger charge is -2.41. The van der Waals surface area contributed by atoms with Gasteiger partial charge in [-0.3, -0.25) is 4.79 Å².